The van der Waals surface area contributed by atoms with Gasteiger partial charge in [0.1, 0.15) is 5.82 Å². The second-order valence-corrected chi connectivity index (χ2v) is 13.9. The highest BCUT2D eigenvalue weighted by Crippen LogP contribution is 2.39. The first-order valence-corrected chi connectivity index (χ1v) is 16.9. The van der Waals surface area contributed by atoms with Crippen molar-refractivity contribution >= 4 is 37.9 Å². The second kappa shape index (κ2) is 11.8. The zero-order valence-corrected chi connectivity index (χ0v) is 25.1. The maximum absolute atomic E-state index is 13.2. The first-order chi connectivity index (χ1) is 21.0. The molecule has 2 aromatic heterocycles. The van der Waals surface area contributed by atoms with Gasteiger partial charge in [-0.15, -0.1) is 0 Å². The summed E-state index contributed by atoms with van der Waals surface area (Å²) < 4.78 is 31.9. The van der Waals surface area contributed by atoms with Crippen LogP contribution in [0.15, 0.2) is 65.7 Å². The van der Waals surface area contributed by atoms with Crippen molar-refractivity contribution in [2.75, 3.05) is 43.0 Å². The number of anilines is 3. The fraction of sp³-hybridized carbons (Fsp3) is 0.394. The summed E-state index contributed by atoms with van der Waals surface area (Å²) in [6.07, 6.45) is 8.50. The Hall–Kier alpha value is -3.57. The van der Waals surface area contributed by atoms with Gasteiger partial charge in [0.2, 0.25) is 9.84 Å². The van der Waals surface area contributed by atoms with Crippen LogP contribution in [-0.2, 0) is 27.4 Å². The summed E-state index contributed by atoms with van der Waals surface area (Å²) in [6, 6.07) is 17.6. The molecule has 10 heteroatoms. The Kier molecular flexibility index (Phi) is 7.77. The molecule has 0 radical (unpaired) electrons. The number of morpholine rings is 1. The van der Waals surface area contributed by atoms with Crippen molar-refractivity contribution in [3.05, 3.63) is 72.1 Å². The van der Waals surface area contributed by atoms with Gasteiger partial charge in [0.15, 0.2) is 5.44 Å². The number of hydrogen-bond donors (Lipinski definition) is 3. The zero-order chi connectivity index (χ0) is 29.4. The van der Waals surface area contributed by atoms with E-state index in [0.29, 0.717) is 24.7 Å². The number of aromatic nitrogens is 2. The Labute approximate surface area is 252 Å². The minimum Gasteiger partial charge on any atom is -0.369 e. The molecule has 2 aliphatic heterocycles. The molecule has 4 aromatic rings. The van der Waals surface area contributed by atoms with Crippen LogP contribution >= 0.6 is 0 Å². The molecule has 2 aromatic carbocycles. The average Bonchev–Trinajstić information content (AvgIpc) is 3.32. The van der Waals surface area contributed by atoms with E-state index in [-0.39, 0.29) is 17.5 Å². The molecule has 43 heavy (non-hydrogen) atoms. The van der Waals surface area contributed by atoms with E-state index >= 15 is 0 Å². The molecule has 0 amide bonds. The standard InChI is InChI=1S/C33H38N6O3S/c34-24-12-15-39(21-24)33-27-7-2-1-3-8-29(27)38-30-10-9-22(17-28(30)33)23-11-13-36-31(18-23)37-25-5-4-6-26(19-25)43(40,41)32-20-35-14-16-42-32/h4-6,9-11,13,17-19,24,32,35H,1-3,7-8,12,14-16,20-21,34H2,(H,36,37)/t24?,32-/m0/s1. The number of ether oxygens (including phenoxy) is 1. The predicted octanol–water partition coefficient (Wildman–Crippen LogP) is 4.57. The van der Waals surface area contributed by atoms with Crippen molar-refractivity contribution in [1.29, 1.82) is 0 Å². The molecule has 2 saturated heterocycles. The number of hydrogen-bond acceptors (Lipinski definition) is 9. The average molecular weight is 599 g/mol. The summed E-state index contributed by atoms with van der Waals surface area (Å²) in [5.41, 5.74) is 13.2. The van der Waals surface area contributed by atoms with E-state index in [1.807, 2.05) is 18.2 Å². The van der Waals surface area contributed by atoms with E-state index < -0.39 is 15.3 Å². The van der Waals surface area contributed by atoms with Gasteiger partial charge >= 0.3 is 0 Å². The van der Waals surface area contributed by atoms with Crippen LogP contribution in [0.25, 0.3) is 22.0 Å². The molecule has 3 aliphatic rings. The van der Waals surface area contributed by atoms with Crippen molar-refractivity contribution in [1.82, 2.24) is 15.3 Å². The molecule has 9 nitrogen and oxygen atoms in total. The van der Waals surface area contributed by atoms with Crippen molar-refractivity contribution in [2.45, 2.75) is 54.9 Å². The first kappa shape index (κ1) is 28.2. The summed E-state index contributed by atoms with van der Waals surface area (Å²) in [4.78, 5) is 12.4. The van der Waals surface area contributed by atoms with Crippen LogP contribution in [0.4, 0.5) is 17.2 Å². The molecule has 0 bridgehead atoms. The minimum absolute atomic E-state index is 0.196. The summed E-state index contributed by atoms with van der Waals surface area (Å²) in [6.45, 7) is 3.15. The summed E-state index contributed by atoms with van der Waals surface area (Å²) in [7, 11) is -3.64. The molecule has 0 spiro atoms. The Morgan fingerprint density at radius 2 is 1.91 bits per heavy atom. The molecule has 4 heterocycles. The van der Waals surface area contributed by atoms with E-state index in [9.17, 15) is 8.42 Å². The largest absolute Gasteiger partial charge is 0.369 e. The highest BCUT2D eigenvalue weighted by atomic mass is 32.2. The van der Waals surface area contributed by atoms with Gasteiger partial charge in [0, 0.05) is 55.2 Å². The molecule has 4 N–H and O–H groups in total. The van der Waals surface area contributed by atoms with Crippen LogP contribution in [0.1, 0.15) is 36.9 Å². The van der Waals surface area contributed by atoms with Crippen molar-refractivity contribution in [3.8, 4) is 11.1 Å². The molecule has 1 aliphatic carbocycles. The van der Waals surface area contributed by atoms with Crippen molar-refractivity contribution in [3.63, 3.8) is 0 Å². The number of benzene rings is 2. The fourth-order valence-electron chi connectivity index (χ4n) is 6.58. The lowest BCUT2D eigenvalue weighted by atomic mass is 9.97. The van der Waals surface area contributed by atoms with Gasteiger partial charge in [0.25, 0.3) is 0 Å². The normalized spacial score (nSPS) is 21.0. The smallest absolute Gasteiger partial charge is 0.206 e. The third-order valence-corrected chi connectivity index (χ3v) is 10.7. The van der Waals surface area contributed by atoms with Gasteiger partial charge in [-0.1, -0.05) is 18.6 Å². The monoisotopic (exact) mass is 598 g/mol. The second-order valence-electron chi connectivity index (χ2n) is 11.8. The van der Waals surface area contributed by atoms with E-state index in [0.717, 1.165) is 49.0 Å². The van der Waals surface area contributed by atoms with Gasteiger partial charge in [-0.3, -0.25) is 4.98 Å². The topological polar surface area (TPSA) is 122 Å². The molecule has 1 unspecified atom stereocenters. The molecule has 0 saturated carbocycles. The van der Waals surface area contributed by atoms with Crippen molar-refractivity contribution < 1.29 is 13.2 Å². The first-order valence-electron chi connectivity index (χ1n) is 15.3. The summed E-state index contributed by atoms with van der Waals surface area (Å²) >= 11 is 0. The Morgan fingerprint density at radius 1 is 1.02 bits per heavy atom. The molecule has 2 atom stereocenters. The van der Waals surface area contributed by atoms with Crippen LogP contribution in [0, 0.1) is 0 Å². The number of nitrogens with two attached hydrogens (primary N) is 1. The number of rotatable bonds is 6. The fourth-order valence-corrected chi connectivity index (χ4v) is 8.05. The van der Waals surface area contributed by atoms with Gasteiger partial charge in [-0.05, 0) is 91.3 Å². The third-order valence-electron chi connectivity index (χ3n) is 8.79. The minimum atomic E-state index is -3.64. The van der Waals surface area contributed by atoms with E-state index in [1.54, 1.807) is 24.4 Å². The maximum Gasteiger partial charge on any atom is 0.206 e. The number of sulfone groups is 1. The van der Waals surface area contributed by atoms with Crippen LogP contribution in [0.3, 0.4) is 0 Å². The van der Waals surface area contributed by atoms with Crippen molar-refractivity contribution in [2.24, 2.45) is 5.73 Å². The van der Waals surface area contributed by atoms with E-state index in [4.69, 9.17) is 15.5 Å². The van der Waals surface area contributed by atoms with Crippen LogP contribution in [-0.4, -0.2) is 62.6 Å². The number of nitrogens with zero attached hydrogens (tertiary/aromatic N) is 3. The third kappa shape index (κ3) is 5.72. The molecular weight excluding hydrogens is 560 g/mol. The Bertz CT molecular complexity index is 1760. The lowest BCUT2D eigenvalue weighted by molar-refractivity contribution is 0.0785. The van der Waals surface area contributed by atoms with Gasteiger partial charge in [-0.25, -0.2) is 13.4 Å². The van der Waals surface area contributed by atoms with E-state index in [2.05, 4.69) is 38.7 Å². The lowest BCUT2D eigenvalue weighted by Gasteiger charge is -2.25. The van der Waals surface area contributed by atoms with Crippen LogP contribution in [0.2, 0.25) is 0 Å². The zero-order valence-electron chi connectivity index (χ0n) is 24.3. The molecule has 7 rings (SSSR count). The predicted molar refractivity (Wildman–Crippen MR) is 171 cm³/mol. The van der Waals surface area contributed by atoms with E-state index in [1.165, 1.54) is 41.6 Å². The number of aryl methyl sites for hydroxylation is 1. The SMILES string of the molecule is NC1CCN(c2c3c(nc4ccc(-c5ccnc(Nc6cccc(S(=O)(=O)[C@H]7CNCCO7)c6)c5)cc24)CCCCC3)C1. The summed E-state index contributed by atoms with van der Waals surface area (Å²) in [5.74, 6) is 0.633. The van der Waals surface area contributed by atoms with Gasteiger partial charge in [-0.2, -0.15) is 0 Å². The van der Waals surface area contributed by atoms with Gasteiger partial charge < -0.3 is 26.0 Å². The molecular formula is C33H38N6O3S. The lowest BCUT2D eigenvalue weighted by Crippen LogP contribution is -2.43. The maximum atomic E-state index is 13.2. The molecule has 2 fully saturated rings. The molecule has 224 valence electrons. The Balaban J connectivity index is 1.21. The van der Waals surface area contributed by atoms with Crippen LogP contribution < -0.4 is 21.3 Å². The van der Waals surface area contributed by atoms with Crippen LogP contribution in [0.5, 0.6) is 0 Å². The number of fused-ring (bicyclic) bond motifs is 2. The quantitative estimate of drug-likeness (QED) is 0.274. The highest BCUT2D eigenvalue weighted by molar-refractivity contribution is 7.92. The highest BCUT2D eigenvalue weighted by Gasteiger charge is 2.30. The number of pyridine rings is 2. The summed E-state index contributed by atoms with van der Waals surface area (Å²) in [5, 5.41) is 7.58. The van der Waals surface area contributed by atoms with Gasteiger partial charge in [0.05, 0.1) is 22.7 Å². The number of nitrogens with one attached hydrogen (secondary N) is 2. The Morgan fingerprint density at radius 3 is 2.74 bits per heavy atom.